The molecular formula is C20H19ClN4O3. The number of aliphatic hydroxyl groups is 1. The van der Waals surface area contributed by atoms with Crippen molar-refractivity contribution in [3.63, 3.8) is 0 Å². The lowest BCUT2D eigenvalue weighted by Crippen LogP contribution is -2.23. The smallest absolute Gasteiger partial charge is 0.247 e. The molecule has 1 aromatic heterocycles. The topological polar surface area (TPSA) is 84.8 Å². The molecule has 0 amide bonds. The Kier molecular flexibility index (Phi) is 5.83. The highest BCUT2D eigenvalue weighted by atomic mass is 35.5. The van der Waals surface area contributed by atoms with E-state index < -0.39 is 12.1 Å². The highest BCUT2D eigenvalue weighted by Crippen LogP contribution is 2.35. The Balaban J connectivity index is 1.91. The van der Waals surface area contributed by atoms with Gasteiger partial charge >= 0.3 is 0 Å². The molecule has 0 fully saturated rings. The van der Waals surface area contributed by atoms with E-state index in [2.05, 4.69) is 20.4 Å². The molecule has 0 aliphatic heterocycles. The first-order chi connectivity index (χ1) is 13.4. The van der Waals surface area contributed by atoms with E-state index in [9.17, 15) is 5.11 Å². The van der Waals surface area contributed by atoms with Gasteiger partial charge in [-0.05, 0) is 43.7 Å². The number of anilines is 1. The van der Waals surface area contributed by atoms with E-state index in [1.165, 1.54) is 0 Å². The molecule has 28 heavy (non-hydrogen) atoms. The number of methoxy groups -OCH3 is 1. The van der Waals surface area contributed by atoms with Crippen molar-refractivity contribution in [2.45, 2.75) is 26.0 Å². The highest BCUT2D eigenvalue weighted by molar-refractivity contribution is 6.34. The van der Waals surface area contributed by atoms with Gasteiger partial charge in [0.05, 0.1) is 24.8 Å². The maximum atomic E-state index is 10.3. The first kappa shape index (κ1) is 19.7. The van der Waals surface area contributed by atoms with Crippen LogP contribution in [-0.2, 0) is 0 Å². The Morgan fingerprint density at radius 2 is 2.07 bits per heavy atom. The zero-order valence-corrected chi connectivity index (χ0v) is 16.4. The molecule has 0 saturated heterocycles. The zero-order valence-electron chi connectivity index (χ0n) is 15.6. The van der Waals surface area contributed by atoms with Gasteiger partial charge in [0, 0.05) is 11.3 Å². The SMILES string of the molecule is [C-]#[N+]c1ccc(N[C@@H](c2nnc(-c3cccc(OC)c3)o2)[C@H](C)O)c(C)c1Cl. The quantitative estimate of drug-likeness (QED) is 0.580. The van der Waals surface area contributed by atoms with Crippen molar-refractivity contribution in [2.75, 3.05) is 12.4 Å². The average Bonchev–Trinajstić information content (AvgIpc) is 3.18. The zero-order chi connectivity index (χ0) is 20.3. The van der Waals surface area contributed by atoms with E-state index in [4.69, 9.17) is 27.3 Å². The van der Waals surface area contributed by atoms with Crippen LogP contribution in [-0.4, -0.2) is 28.5 Å². The van der Waals surface area contributed by atoms with E-state index in [-0.39, 0.29) is 5.89 Å². The Labute approximate surface area is 167 Å². The van der Waals surface area contributed by atoms with E-state index in [1.54, 1.807) is 39.2 Å². The van der Waals surface area contributed by atoms with Crippen molar-refractivity contribution in [2.24, 2.45) is 0 Å². The van der Waals surface area contributed by atoms with E-state index >= 15 is 0 Å². The van der Waals surface area contributed by atoms with Gasteiger partial charge in [-0.2, -0.15) is 0 Å². The normalized spacial score (nSPS) is 12.9. The van der Waals surface area contributed by atoms with Crippen molar-refractivity contribution >= 4 is 23.0 Å². The minimum atomic E-state index is -0.822. The molecule has 0 bridgehead atoms. The van der Waals surface area contributed by atoms with Crippen molar-refractivity contribution in [3.05, 3.63) is 64.3 Å². The van der Waals surface area contributed by atoms with Gasteiger partial charge in [0.15, 0.2) is 0 Å². The number of hydrogen-bond acceptors (Lipinski definition) is 6. The summed E-state index contributed by atoms with van der Waals surface area (Å²) in [6.07, 6.45) is -0.822. The van der Waals surface area contributed by atoms with E-state index in [1.807, 2.05) is 18.2 Å². The number of ether oxygens (including phenoxy) is 1. The third-order valence-corrected chi connectivity index (χ3v) is 4.78. The van der Waals surface area contributed by atoms with Gasteiger partial charge < -0.3 is 19.6 Å². The molecule has 0 saturated carbocycles. The molecule has 0 radical (unpaired) electrons. The molecule has 2 atom stereocenters. The number of aromatic nitrogens is 2. The lowest BCUT2D eigenvalue weighted by atomic mass is 10.1. The van der Waals surface area contributed by atoms with Gasteiger partial charge in [0.25, 0.3) is 0 Å². The van der Waals surface area contributed by atoms with Crippen molar-refractivity contribution in [3.8, 4) is 17.2 Å². The molecule has 3 aromatic rings. The first-order valence-electron chi connectivity index (χ1n) is 8.53. The maximum absolute atomic E-state index is 10.3. The first-order valence-corrected chi connectivity index (χ1v) is 8.91. The number of nitrogens with one attached hydrogen (secondary N) is 1. The van der Waals surface area contributed by atoms with Crippen LogP contribution in [0.3, 0.4) is 0 Å². The predicted octanol–water partition coefficient (Wildman–Crippen LogP) is 4.79. The van der Waals surface area contributed by atoms with Gasteiger partial charge in [-0.25, -0.2) is 4.85 Å². The van der Waals surface area contributed by atoms with E-state index in [0.29, 0.717) is 39.2 Å². The van der Waals surface area contributed by atoms with Crippen LogP contribution in [0.25, 0.3) is 16.3 Å². The number of rotatable bonds is 6. The van der Waals surface area contributed by atoms with Crippen LogP contribution >= 0.6 is 11.6 Å². The lowest BCUT2D eigenvalue weighted by molar-refractivity contribution is 0.159. The van der Waals surface area contributed by atoms with Crippen LogP contribution in [0.4, 0.5) is 11.4 Å². The summed E-state index contributed by atoms with van der Waals surface area (Å²) in [6.45, 7) is 10.6. The van der Waals surface area contributed by atoms with Crippen molar-refractivity contribution in [1.82, 2.24) is 10.2 Å². The van der Waals surface area contributed by atoms with Crippen LogP contribution in [0.5, 0.6) is 5.75 Å². The third kappa shape index (κ3) is 3.93. The number of aliphatic hydroxyl groups excluding tert-OH is 1. The van der Waals surface area contributed by atoms with Gasteiger partial charge in [-0.15, -0.1) is 10.2 Å². The standard InChI is InChI=1S/C20H19ClN4O3/c1-11-15(8-9-16(22-3)17(11)21)23-18(12(2)26)20-25-24-19(28-20)13-6-5-7-14(10-13)27-4/h5-10,12,18,23,26H,1-2,4H3/t12-,18+/m0/s1. The summed E-state index contributed by atoms with van der Waals surface area (Å²) in [7, 11) is 1.58. The van der Waals surface area contributed by atoms with Crippen molar-refractivity contribution in [1.29, 1.82) is 0 Å². The summed E-state index contributed by atoms with van der Waals surface area (Å²) in [5, 5.41) is 22.0. The monoisotopic (exact) mass is 398 g/mol. The molecule has 1 heterocycles. The molecular weight excluding hydrogens is 380 g/mol. The molecule has 3 rings (SSSR count). The fourth-order valence-electron chi connectivity index (χ4n) is 2.70. The van der Waals surface area contributed by atoms with Crippen molar-refractivity contribution < 1.29 is 14.3 Å². The van der Waals surface area contributed by atoms with Crippen LogP contribution in [0.1, 0.15) is 24.4 Å². The average molecular weight is 399 g/mol. The molecule has 0 unspecified atom stereocenters. The number of halogens is 1. The third-order valence-electron chi connectivity index (χ3n) is 4.30. The van der Waals surface area contributed by atoms with Crippen LogP contribution in [0.15, 0.2) is 40.8 Å². The van der Waals surface area contributed by atoms with Crippen LogP contribution in [0.2, 0.25) is 5.02 Å². The molecule has 7 nitrogen and oxygen atoms in total. The maximum Gasteiger partial charge on any atom is 0.247 e. The summed E-state index contributed by atoms with van der Waals surface area (Å²) < 4.78 is 11.0. The largest absolute Gasteiger partial charge is 0.497 e. The lowest BCUT2D eigenvalue weighted by Gasteiger charge is -2.21. The Morgan fingerprint density at radius 1 is 1.29 bits per heavy atom. The highest BCUT2D eigenvalue weighted by Gasteiger charge is 2.25. The van der Waals surface area contributed by atoms with Gasteiger partial charge in [0.2, 0.25) is 17.5 Å². The number of nitrogens with zero attached hydrogens (tertiary/aromatic N) is 3. The summed E-state index contributed by atoms with van der Waals surface area (Å²) in [5.74, 6) is 1.23. The fourth-order valence-corrected chi connectivity index (χ4v) is 2.91. The summed E-state index contributed by atoms with van der Waals surface area (Å²) in [5.41, 5.74) is 2.46. The van der Waals surface area contributed by atoms with Gasteiger partial charge in [-0.3, -0.25) is 0 Å². The van der Waals surface area contributed by atoms with Crippen LogP contribution in [0, 0.1) is 13.5 Å². The Hall–Kier alpha value is -3.08. The summed E-state index contributed by atoms with van der Waals surface area (Å²) in [4.78, 5) is 3.39. The molecule has 0 aliphatic rings. The second-order valence-corrected chi connectivity index (χ2v) is 6.60. The van der Waals surface area contributed by atoms with Gasteiger partial charge in [0.1, 0.15) is 11.8 Å². The summed E-state index contributed by atoms with van der Waals surface area (Å²) in [6, 6.07) is 9.97. The number of hydrogen-bond donors (Lipinski definition) is 2. The summed E-state index contributed by atoms with van der Waals surface area (Å²) >= 11 is 6.24. The molecule has 144 valence electrons. The molecule has 0 aliphatic carbocycles. The number of benzene rings is 2. The fraction of sp³-hybridized carbons (Fsp3) is 0.250. The molecule has 2 N–H and O–H groups in total. The minimum absolute atomic E-state index is 0.234. The molecule has 8 heteroatoms. The Morgan fingerprint density at radius 3 is 2.75 bits per heavy atom. The molecule has 0 spiro atoms. The minimum Gasteiger partial charge on any atom is -0.497 e. The Bertz CT molecular complexity index is 1030. The second kappa shape index (κ2) is 8.30. The molecule has 2 aromatic carbocycles. The van der Waals surface area contributed by atoms with E-state index in [0.717, 1.165) is 0 Å². The second-order valence-electron chi connectivity index (χ2n) is 6.22. The predicted molar refractivity (Wildman–Crippen MR) is 107 cm³/mol. The van der Waals surface area contributed by atoms with Gasteiger partial charge in [-0.1, -0.05) is 23.7 Å². The van der Waals surface area contributed by atoms with Crippen LogP contribution < -0.4 is 10.1 Å².